The summed E-state index contributed by atoms with van der Waals surface area (Å²) in [6.07, 6.45) is -1.20. The highest BCUT2D eigenvalue weighted by Crippen LogP contribution is 2.18. The van der Waals surface area contributed by atoms with Crippen LogP contribution < -0.4 is 5.32 Å². The van der Waals surface area contributed by atoms with Gasteiger partial charge in [-0.05, 0) is 44.2 Å². The highest BCUT2D eigenvalue weighted by Gasteiger charge is 2.22. The van der Waals surface area contributed by atoms with Crippen LogP contribution in [0.4, 0.5) is 10.1 Å². The van der Waals surface area contributed by atoms with Crippen molar-refractivity contribution in [2.24, 2.45) is 0 Å². The quantitative estimate of drug-likeness (QED) is 0.646. The number of carbonyl (C=O) groups is 3. The Morgan fingerprint density at radius 1 is 1.12 bits per heavy atom. The van der Waals surface area contributed by atoms with Crippen LogP contribution >= 0.6 is 11.6 Å². The summed E-state index contributed by atoms with van der Waals surface area (Å²) >= 11 is 5.73. The Kier molecular flexibility index (Phi) is 5.88. The van der Waals surface area contributed by atoms with Crippen molar-refractivity contribution < 1.29 is 23.5 Å². The van der Waals surface area contributed by atoms with E-state index in [2.05, 4.69) is 5.32 Å². The van der Waals surface area contributed by atoms with Crippen LogP contribution in [0.1, 0.15) is 34.6 Å². The number of Topliss-reactive ketones (excluding diaryl/α,β-unsaturated/α-hetero) is 1. The lowest BCUT2D eigenvalue weighted by Gasteiger charge is -2.15. The standard InChI is InChI=1S/C18H15ClFNO4/c1-10(22)13-5-3-4-6-16(13)21-17(23)11(2)25-18(24)14-9-12(19)7-8-15(14)20/h3-9,11H,1-2H3,(H,21,23). The van der Waals surface area contributed by atoms with E-state index in [9.17, 15) is 18.8 Å². The van der Waals surface area contributed by atoms with Crippen molar-refractivity contribution in [3.05, 3.63) is 64.4 Å². The normalized spacial score (nSPS) is 11.5. The van der Waals surface area contributed by atoms with Gasteiger partial charge in [0.05, 0.1) is 11.3 Å². The van der Waals surface area contributed by atoms with Gasteiger partial charge >= 0.3 is 5.97 Å². The number of amides is 1. The van der Waals surface area contributed by atoms with E-state index in [1.807, 2.05) is 0 Å². The molecule has 0 heterocycles. The fraction of sp³-hybridized carbons (Fsp3) is 0.167. The minimum atomic E-state index is -1.20. The van der Waals surface area contributed by atoms with Crippen molar-refractivity contribution in [3.63, 3.8) is 0 Å². The number of para-hydroxylation sites is 1. The van der Waals surface area contributed by atoms with Gasteiger partial charge in [-0.1, -0.05) is 23.7 Å². The summed E-state index contributed by atoms with van der Waals surface area (Å²) < 4.78 is 18.6. The molecule has 7 heteroatoms. The SMILES string of the molecule is CC(=O)c1ccccc1NC(=O)C(C)OC(=O)c1cc(Cl)ccc1F. The number of benzene rings is 2. The van der Waals surface area contributed by atoms with Gasteiger partial charge in [0.25, 0.3) is 5.91 Å². The van der Waals surface area contributed by atoms with Crippen molar-refractivity contribution in [1.82, 2.24) is 0 Å². The maximum atomic E-state index is 13.7. The number of ether oxygens (including phenoxy) is 1. The van der Waals surface area contributed by atoms with Crippen LogP contribution in [0.3, 0.4) is 0 Å². The monoisotopic (exact) mass is 363 g/mol. The van der Waals surface area contributed by atoms with Gasteiger partial charge in [0, 0.05) is 10.6 Å². The second-order valence-electron chi connectivity index (χ2n) is 5.26. The zero-order valence-corrected chi connectivity index (χ0v) is 14.3. The first-order valence-corrected chi connectivity index (χ1v) is 7.74. The van der Waals surface area contributed by atoms with Gasteiger partial charge < -0.3 is 10.1 Å². The first kappa shape index (κ1) is 18.6. The number of nitrogens with one attached hydrogen (secondary N) is 1. The number of anilines is 1. The van der Waals surface area contributed by atoms with Gasteiger partial charge in [-0.3, -0.25) is 9.59 Å². The lowest BCUT2D eigenvalue weighted by molar-refractivity contribution is -0.123. The molecular weight excluding hydrogens is 349 g/mol. The molecule has 1 amide bonds. The zero-order valence-electron chi connectivity index (χ0n) is 13.5. The van der Waals surface area contributed by atoms with E-state index in [4.69, 9.17) is 16.3 Å². The molecule has 0 aromatic heterocycles. The molecule has 1 N–H and O–H groups in total. The van der Waals surface area contributed by atoms with Crippen LogP contribution in [0, 0.1) is 5.82 Å². The third-order valence-corrected chi connectivity index (χ3v) is 3.60. The second-order valence-corrected chi connectivity index (χ2v) is 5.70. The summed E-state index contributed by atoms with van der Waals surface area (Å²) in [6, 6.07) is 9.89. The minimum Gasteiger partial charge on any atom is -0.449 e. The Hall–Kier alpha value is -2.73. The lowest BCUT2D eigenvalue weighted by Crippen LogP contribution is -2.30. The van der Waals surface area contributed by atoms with Crippen molar-refractivity contribution in [1.29, 1.82) is 0 Å². The molecule has 0 bridgehead atoms. The van der Waals surface area contributed by atoms with E-state index in [-0.39, 0.29) is 16.4 Å². The molecule has 130 valence electrons. The van der Waals surface area contributed by atoms with Crippen molar-refractivity contribution >= 4 is 34.9 Å². The van der Waals surface area contributed by atoms with Crippen LogP contribution in [-0.4, -0.2) is 23.8 Å². The third-order valence-electron chi connectivity index (χ3n) is 3.37. The molecule has 0 aliphatic heterocycles. The average Bonchev–Trinajstić information content (AvgIpc) is 2.57. The van der Waals surface area contributed by atoms with E-state index in [0.717, 1.165) is 12.1 Å². The van der Waals surface area contributed by atoms with Gasteiger partial charge in [-0.15, -0.1) is 0 Å². The minimum absolute atomic E-state index is 0.167. The fourth-order valence-corrected chi connectivity index (χ4v) is 2.24. The van der Waals surface area contributed by atoms with Crippen molar-refractivity contribution in [2.75, 3.05) is 5.32 Å². The van der Waals surface area contributed by atoms with E-state index in [1.165, 1.54) is 19.9 Å². The third kappa shape index (κ3) is 4.64. The highest BCUT2D eigenvalue weighted by atomic mass is 35.5. The molecule has 25 heavy (non-hydrogen) atoms. The maximum absolute atomic E-state index is 13.7. The number of halogens is 2. The number of hydrogen-bond donors (Lipinski definition) is 1. The number of carbonyl (C=O) groups excluding carboxylic acids is 3. The predicted octanol–water partition coefficient (Wildman–Crippen LogP) is 3.87. The molecule has 2 aromatic carbocycles. The number of hydrogen-bond acceptors (Lipinski definition) is 4. The molecule has 5 nitrogen and oxygen atoms in total. The predicted molar refractivity (Wildman–Crippen MR) is 91.4 cm³/mol. The summed E-state index contributed by atoms with van der Waals surface area (Å²) in [6.45, 7) is 2.71. The second kappa shape index (κ2) is 7.90. The Morgan fingerprint density at radius 2 is 1.80 bits per heavy atom. The van der Waals surface area contributed by atoms with Crippen LogP contribution in [0.2, 0.25) is 5.02 Å². The van der Waals surface area contributed by atoms with Crippen molar-refractivity contribution in [3.8, 4) is 0 Å². The fourth-order valence-electron chi connectivity index (χ4n) is 2.06. The van der Waals surface area contributed by atoms with Gasteiger partial charge in [-0.25, -0.2) is 9.18 Å². The summed E-state index contributed by atoms with van der Waals surface area (Å²) in [5.41, 5.74) is 0.267. The molecule has 1 atom stereocenters. The number of rotatable bonds is 5. The van der Waals surface area contributed by atoms with Crippen LogP contribution in [-0.2, 0) is 9.53 Å². The first-order chi connectivity index (χ1) is 11.8. The van der Waals surface area contributed by atoms with Gasteiger partial charge in [-0.2, -0.15) is 0 Å². The summed E-state index contributed by atoms with van der Waals surface area (Å²) in [7, 11) is 0. The van der Waals surface area contributed by atoms with E-state index >= 15 is 0 Å². The van der Waals surface area contributed by atoms with E-state index < -0.39 is 23.8 Å². The highest BCUT2D eigenvalue weighted by molar-refractivity contribution is 6.30. The Morgan fingerprint density at radius 3 is 2.48 bits per heavy atom. The number of ketones is 1. The van der Waals surface area contributed by atoms with Gasteiger partial charge in [0.15, 0.2) is 11.9 Å². The van der Waals surface area contributed by atoms with Crippen LogP contribution in [0.25, 0.3) is 0 Å². The average molecular weight is 364 g/mol. The molecule has 0 fully saturated rings. The molecule has 0 radical (unpaired) electrons. The molecule has 1 unspecified atom stereocenters. The largest absolute Gasteiger partial charge is 0.449 e. The smallest absolute Gasteiger partial charge is 0.341 e. The van der Waals surface area contributed by atoms with E-state index in [1.54, 1.807) is 24.3 Å². The molecule has 2 rings (SSSR count). The topological polar surface area (TPSA) is 72.5 Å². The molecule has 0 aliphatic rings. The molecule has 0 aliphatic carbocycles. The Bertz CT molecular complexity index is 838. The lowest BCUT2D eigenvalue weighted by atomic mass is 10.1. The summed E-state index contributed by atoms with van der Waals surface area (Å²) in [4.78, 5) is 35.8. The molecular formula is C18H15ClFNO4. The zero-order chi connectivity index (χ0) is 18.6. The van der Waals surface area contributed by atoms with Crippen LogP contribution in [0.5, 0.6) is 0 Å². The first-order valence-electron chi connectivity index (χ1n) is 7.36. The molecule has 2 aromatic rings. The number of esters is 1. The molecule has 0 saturated carbocycles. The molecule has 0 saturated heterocycles. The van der Waals surface area contributed by atoms with E-state index in [0.29, 0.717) is 11.3 Å². The van der Waals surface area contributed by atoms with Gasteiger partial charge in [0.1, 0.15) is 5.82 Å². The summed E-state index contributed by atoms with van der Waals surface area (Å²) in [5.74, 6) is -2.68. The Labute approximate surface area is 148 Å². The molecule has 0 spiro atoms. The summed E-state index contributed by atoms with van der Waals surface area (Å²) in [5, 5.41) is 2.69. The maximum Gasteiger partial charge on any atom is 0.341 e. The van der Waals surface area contributed by atoms with Crippen molar-refractivity contribution in [2.45, 2.75) is 20.0 Å². The Balaban J connectivity index is 2.09. The van der Waals surface area contributed by atoms with Gasteiger partial charge in [0.2, 0.25) is 0 Å². The van der Waals surface area contributed by atoms with Crippen LogP contribution in [0.15, 0.2) is 42.5 Å².